The van der Waals surface area contributed by atoms with E-state index in [2.05, 4.69) is 15.4 Å². The van der Waals surface area contributed by atoms with Crippen molar-refractivity contribution in [3.63, 3.8) is 0 Å². The van der Waals surface area contributed by atoms with Crippen molar-refractivity contribution < 1.29 is 9.18 Å². The smallest absolute Gasteiger partial charge is 0.254 e. The Morgan fingerprint density at radius 2 is 1.96 bits per heavy atom. The van der Waals surface area contributed by atoms with Crippen LogP contribution in [0.25, 0.3) is 16.3 Å². The minimum Gasteiger partial charge on any atom is -0.352 e. The van der Waals surface area contributed by atoms with E-state index in [1.807, 2.05) is 35.7 Å². The molecule has 2 heterocycles. The summed E-state index contributed by atoms with van der Waals surface area (Å²) in [5.41, 5.74) is 1.93. The second kappa shape index (κ2) is 7.69. The number of thiazole rings is 1. The van der Waals surface area contributed by atoms with Gasteiger partial charge in [-0.15, -0.1) is 5.10 Å². The van der Waals surface area contributed by atoms with Crippen molar-refractivity contribution in [2.45, 2.75) is 13.3 Å². The molecule has 0 saturated heterocycles. The SMILES string of the molecule is Cc1c(CCNC(=O)c2ccccc2F)sc2nc(-c3ccc(Cl)cc3)nn12. The molecule has 2 aromatic carbocycles. The van der Waals surface area contributed by atoms with Gasteiger partial charge in [-0.2, -0.15) is 4.98 Å². The average molecular weight is 415 g/mol. The third-order valence-electron chi connectivity index (χ3n) is 4.37. The summed E-state index contributed by atoms with van der Waals surface area (Å²) in [5.74, 6) is -0.296. The van der Waals surface area contributed by atoms with Gasteiger partial charge in [0.25, 0.3) is 5.91 Å². The van der Waals surface area contributed by atoms with Crippen molar-refractivity contribution in [2.75, 3.05) is 6.54 Å². The highest BCUT2D eigenvalue weighted by molar-refractivity contribution is 7.17. The van der Waals surface area contributed by atoms with Gasteiger partial charge in [-0.05, 0) is 43.3 Å². The molecule has 0 radical (unpaired) electrons. The van der Waals surface area contributed by atoms with E-state index >= 15 is 0 Å². The molecule has 0 aliphatic carbocycles. The molecule has 0 spiro atoms. The molecule has 28 heavy (non-hydrogen) atoms. The molecule has 0 bridgehead atoms. The zero-order valence-electron chi connectivity index (χ0n) is 14.9. The van der Waals surface area contributed by atoms with Crippen molar-refractivity contribution in [1.82, 2.24) is 19.9 Å². The predicted octanol–water partition coefficient (Wildman–Crippen LogP) is 4.53. The van der Waals surface area contributed by atoms with E-state index in [0.29, 0.717) is 23.8 Å². The molecule has 142 valence electrons. The van der Waals surface area contributed by atoms with E-state index in [1.165, 1.54) is 23.5 Å². The highest BCUT2D eigenvalue weighted by atomic mass is 35.5. The standard InChI is InChI=1S/C20H16ClFN4OS/c1-12-17(10-11-23-19(27)15-4-2-3-5-16(15)22)28-20-24-18(25-26(12)20)13-6-8-14(21)9-7-13/h2-9H,10-11H2,1H3,(H,23,27). The normalized spacial score (nSPS) is 11.1. The molecular weight excluding hydrogens is 399 g/mol. The maximum Gasteiger partial charge on any atom is 0.254 e. The second-order valence-corrected chi connectivity index (χ2v) is 7.73. The number of halogens is 2. The number of hydrogen-bond acceptors (Lipinski definition) is 4. The first-order valence-corrected chi connectivity index (χ1v) is 9.86. The van der Waals surface area contributed by atoms with Gasteiger partial charge in [0.1, 0.15) is 5.82 Å². The van der Waals surface area contributed by atoms with E-state index in [9.17, 15) is 9.18 Å². The maximum atomic E-state index is 13.7. The molecule has 1 N–H and O–H groups in total. The number of fused-ring (bicyclic) bond motifs is 1. The van der Waals surface area contributed by atoms with Crippen LogP contribution < -0.4 is 5.32 Å². The van der Waals surface area contributed by atoms with Crippen LogP contribution in [0.15, 0.2) is 48.5 Å². The zero-order valence-corrected chi connectivity index (χ0v) is 16.5. The Hall–Kier alpha value is -2.77. The van der Waals surface area contributed by atoms with Crippen LogP contribution in [0, 0.1) is 12.7 Å². The molecule has 0 unspecified atom stereocenters. The lowest BCUT2D eigenvalue weighted by Crippen LogP contribution is -2.26. The number of nitrogens with zero attached hydrogens (tertiary/aromatic N) is 3. The number of rotatable bonds is 5. The van der Waals surface area contributed by atoms with Gasteiger partial charge < -0.3 is 5.32 Å². The molecule has 4 rings (SSSR count). The third kappa shape index (κ3) is 3.63. The Kier molecular flexibility index (Phi) is 5.11. The molecule has 8 heteroatoms. The summed E-state index contributed by atoms with van der Waals surface area (Å²) in [4.78, 5) is 18.6. The van der Waals surface area contributed by atoms with Crippen LogP contribution in [0.1, 0.15) is 20.9 Å². The van der Waals surface area contributed by atoms with Crippen molar-refractivity contribution in [2.24, 2.45) is 0 Å². The quantitative estimate of drug-likeness (QED) is 0.522. The Morgan fingerprint density at radius 3 is 2.68 bits per heavy atom. The number of carbonyl (C=O) groups excluding carboxylic acids is 1. The van der Waals surface area contributed by atoms with Crippen LogP contribution in [0.4, 0.5) is 4.39 Å². The topological polar surface area (TPSA) is 59.3 Å². The van der Waals surface area contributed by atoms with Gasteiger partial charge >= 0.3 is 0 Å². The van der Waals surface area contributed by atoms with Crippen molar-refractivity contribution in [1.29, 1.82) is 0 Å². The molecule has 1 amide bonds. The van der Waals surface area contributed by atoms with Gasteiger partial charge in [0, 0.05) is 28.4 Å². The van der Waals surface area contributed by atoms with E-state index in [-0.39, 0.29) is 5.56 Å². The van der Waals surface area contributed by atoms with Gasteiger partial charge in [-0.25, -0.2) is 8.91 Å². The molecule has 0 saturated carbocycles. The fourth-order valence-corrected chi connectivity index (χ4v) is 4.05. The number of benzene rings is 2. The summed E-state index contributed by atoms with van der Waals surface area (Å²) >= 11 is 7.46. The summed E-state index contributed by atoms with van der Waals surface area (Å²) < 4.78 is 15.5. The molecule has 0 aliphatic heterocycles. The number of nitrogens with one attached hydrogen (secondary N) is 1. The summed E-state index contributed by atoms with van der Waals surface area (Å²) in [6.45, 7) is 2.37. The molecule has 5 nitrogen and oxygen atoms in total. The van der Waals surface area contributed by atoms with E-state index in [4.69, 9.17) is 11.6 Å². The van der Waals surface area contributed by atoms with Crippen LogP contribution in [0.2, 0.25) is 5.02 Å². The molecule has 0 atom stereocenters. The lowest BCUT2D eigenvalue weighted by atomic mass is 10.2. The number of aryl methyl sites for hydroxylation is 1. The Balaban J connectivity index is 1.45. The second-order valence-electron chi connectivity index (χ2n) is 6.23. The van der Waals surface area contributed by atoms with Crippen LogP contribution in [0.5, 0.6) is 0 Å². The van der Waals surface area contributed by atoms with Crippen LogP contribution >= 0.6 is 22.9 Å². The minimum atomic E-state index is -0.523. The van der Waals surface area contributed by atoms with Crippen LogP contribution in [-0.2, 0) is 6.42 Å². The van der Waals surface area contributed by atoms with Gasteiger partial charge in [0.15, 0.2) is 5.82 Å². The van der Waals surface area contributed by atoms with Crippen LogP contribution in [-0.4, -0.2) is 27.0 Å². The Bertz CT molecular complexity index is 1150. The highest BCUT2D eigenvalue weighted by Gasteiger charge is 2.15. The monoisotopic (exact) mass is 414 g/mol. The predicted molar refractivity (Wildman–Crippen MR) is 108 cm³/mol. The van der Waals surface area contributed by atoms with Gasteiger partial charge in [0.05, 0.1) is 11.3 Å². The highest BCUT2D eigenvalue weighted by Crippen LogP contribution is 2.25. The fourth-order valence-electron chi connectivity index (χ4n) is 2.87. The van der Waals surface area contributed by atoms with E-state index in [0.717, 1.165) is 21.1 Å². The van der Waals surface area contributed by atoms with Gasteiger partial charge in [-0.1, -0.05) is 35.1 Å². The first-order valence-electron chi connectivity index (χ1n) is 8.66. The maximum absolute atomic E-state index is 13.7. The first-order chi connectivity index (χ1) is 13.5. The molecule has 2 aromatic heterocycles. The number of hydrogen-bond donors (Lipinski definition) is 1. The number of amides is 1. The average Bonchev–Trinajstić information content (AvgIpc) is 3.22. The molecule has 0 aliphatic rings. The lowest BCUT2D eigenvalue weighted by Gasteiger charge is -2.05. The van der Waals surface area contributed by atoms with E-state index in [1.54, 1.807) is 12.1 Å². The summed E-state index contributed by atoms with van der Waals surface area (Å²) in [7, 11) is 0. The number of aromatic nitrogens is 3. The van der Waals surface area contributed by atoms with Crippen LogP contribution in [0.3, 0.4) is 0 Å². The minimum absolute atomic E-state index is 0.0504. The van der Waals surface area contributed by atoms with Crippen molar-refractivity contribution >= 4 is 33.8 Å². The largest absolute Gasteiger partial charge is 0.352 e. The summed E-state index contributed by atoms with van der Waals surface area (Å²) in [5, 5.41) is 8.00. The molecule has 4 aromatic rings. The number of carbonyl (C=O) groups is 1. The zero-order chi connectivity index (χ0) is 19.7. The third-order valence-corrected chi connectivity index (χ3v) is 5.82. The summed E-state index contributed by atoms with van der Waals surface area (Å²) in [6.07, 6.45) is 0.623. The molecular formula is C20H16ClFN4OS. The van der Waals surface area contributed by atoms with Crippen molar-refractivity contribution in [3.8, 4) is 11.4 Å². The van der Waals surface area contributed by atoms with Gasteiger partial charge in [0.2, 0.25) is 4.96 Å². The summed E-state index contributed by atoms with van der Waals surface area (Å²) in [6, 6.07) is 13.3. The van der Waals surface area contributed by atoms with E-state index < -0.39 is 11.7 Å². The molecule has 0 fully saturated rings. The first kappa shape index (κ1) is 18.6. The Morgan fingerprint density at radius 1 is 1.21 bits per heavy atom. The van der Waals surface area contributed by atoms with Gasteiger partial charge in [-0.3, -0.25) is 4.79 Å². The lowest BCUT2D eigenvalue weighted by molar-refractivity contribution is 0.0950. The Labute approximate surface area is 169 Å². The fraction of sp³-hybridized carbons (Fsp3) is 0.150. The van der Waals surface area contributed by atoms with Crippen molar-refractivity contribution in [3.05, 3.63) is 75.5 Å².